The van der Waals surface area contributed by atoms with Gasteiger partial charge in [0.1, 0.15) is 11.4 Å². The predicted octanol–water partition coefficient (Wildman–Crippen LogP) is 0.794. The summed E-state index contributed by atoms with van der Waals surface area (Å²) < 4.78 is 19.0. The molecule has 2 atom stereocenters. The number of hydrogen-bond donors (Lipinski definition) is 1. The summed E-state index contributed by atoms with van der Waals surface area (Å²) in [7, 11) is -0.739. The largest absolute Gasteiger partial charge is 0.413 e. The maximum Gasteiger partial charge on any atom is 0.351 e. The van der Waals surface area contributed by atoms with E-state index in [0.717, 1.165) is 0 Å². The van der Waals surface area contributed by atoms with Gasteiger partial charge in [-0.15, -0.1) is 0 Å². The second kappa shape index (κ2) is 6.11. The molecule has 1 aromatic rings. The van der Waals surface area contributed by atoms with Crippen molar-refractivity contribution in [1.82, 2.24) is 9.55 Å². The number of hydrogen-bond acceptors (Lipinski definition) is 6. The number of rotatable bonds is 4. The predicted molar refractivity (Wildman–Crippen MR) is 86.2 cm³/mol. The summed E-state index contributed by atoms with van der Waals surface area (Å²) in [6.45, 7) is 10.7. The van der Waals surface area contributed by atoms with Crippen LogP contribution in [0.5, 0.6) is 0 Å². The molecule has 1 aliphatic heterocycles. The maximum absolute atomic E-state index is 11.9. The Morgan fingerprint density at radius 2 is 2.09 bits per heavy atom. The Hall–Kier alpha value is -1.22. The molecule has 2 N–H and O–H groups in total. The number of nitrogens with two attached hydrogens (primary N) is 1. The van der Waals surface area contributed by atoms with Crippen molar-refractivity contribution < 1.29 is 13.9 Å². The van der Waals surface area contributed by atoms with Gasteiger partial charge >= 0.3 is 5.69 Å². The highest BCUT2D eigenvalue weighted by molar-refractivity contribution is 6.31. The average molecular weight is 327 g/mol. The van der Waals surface area contributed by atoms with Crippen LogP contribution in [0.1, 0.15) is 40.8 Å². The standard InChI is InChI=1S/C14H25N3O4Si/c1-13(2,3)22-21-14(4,5)11-19-8-10(20-11)17-7-6-9(15)16-12(17)18/h6-7,10-11H,8,22H2,1-5H3,(H2,15,16,18). The van der Waals surface area contributed by atoms with E-state index in [1.54, 1.807) is 12.3 Å². The van der Waals surface area contributed by atoms with Gasteiger partial charge in [-0.05, 0) is 25.0 Å². The molecule has 7 nitrogen and oxygen atoms in total. The van der Waals surface area contributed by atoms with E-state index in [-0.39, 0.29) is 17.5 Å². The van der Waals surface area contributed by atoms with Gasteiger partial charge in [0.05, 0.1) is 6.61 Å². The van der Waals surface area contributed by atoms with Crippen molar-refractivity contribution in [2.45, 2.75) is 57.8 Å². The normalized spacial score (nSPS) is 23.5. The summed E-state index contributed by atoms with van der Waals surface area (Å²) in [6, 6.07) is 1.56. The summed E-state index contributed by atoms with van der Waals surface area (Å²) in [6.07, 6.45) is 0.542. The Labute approximate surface area is 132 Å². The molecule has 0 spiro atoms. The lowest BCUT2D eigenvalue weighted by Crippen LogP contribution is -2.42. The van der Waals surface area contributed by atoms with E-state index in [9.17, 15) is 4.79 Å². The first-order chi connectivity index (χ1) is 10.1. The molecule has 124 valence electrons. The van der Waals surface area contributed by atoms with Crippen LogP contribution in [0.4, 0.5) is 5.82 Å². The van der Waals surface area contributed by atoms with Crippen LogP contribution in [-0.2, 0) is 13.9 Å². The molecule has 2 heterocycles. The molecular formula is C14H25N3O4Si. The first-order valence-electron chi connectivity index (χ1n) is 7.34. The minimum Gasteiger partial charge on any atom is -0.413 e. The Kier molecular flexibility index (Phi) is 4.76. The van der Waals surface area contributed by atoms with Crippen LogP contribution in [0.15, 0.2) is 17.1 Å². The third-order valence-corrected chi connectivity index (χ3v) is 5.03. The fourth-order valence-corrected chi connectivity index (χ4v) is 2.96. The zero-order valence-corrected chi connectivity index (χ0v) is 15.2. The van der Waals surface area contributed by atoms with E-state index in [1.807, 2.05) is 13.8 Å². The highest BCUT2D eigenvalue weighted by Crippen LogP contribution is 2.31. The topological polar surface area (TPSA) is 88.6 Å². The van der Waals surface area contributed by atoms with E-state index in [4.69, 9.17) is 19.6 Å². The van der Waals surface area contributed by atoms with Gasteiger partial charge in [-0.25, -0.2) is 4.79 Å². The van der Waals surface area contributed by atoms with Crippen LogP contribution < -0.4 is 11.4 Å². The monoisotopic (exact) mass is 327 g/mol. The van der Waals surface area contributed by atoms with Crippen molar-refractivity contribution in [2.24, 2.45) is 0 Å². The minimum absolute atomic E-state index is 0.188. The molecule has 2 rings (SSSR count). The Morgan fingerprint density at radius 1 is 1.41 bits per heavy atom. The van der Waals surface area contributed by atoms with Crippen LogP contribution >= 0.6 is 0 Å². The highest BCUT2D eigenvalue weighted by Gasteiger charge is 2.40. The lowest BCUT2D eigenvalue weighted by atomic mass is 10.1. The third-order valence-electron chi connectivity index (χ3n) is 3.28. The van der Waals surface area contributed by atoms with Gasteiger partial charge in [-0.3, -0.25) is 4.57 Å². The lowest BCUT2D eigenvalue weighted by molar-refractivity contribution is -0.168. The number of anilines is 1. The SMILES string of the molecule is CC(C)(C)[SiH2]OC(C)(C)C1OCC(n2ccc(N)nc2=O)O1. The van der Waals surface area contributed by atoms with Crippen molar-refractivity contribution in [2.75, 3.05) is 12.3 Å². The average Bonchev–Trinajstić information content (AvgIpc) is 2.86. The van der Waals surface area contributed by atoms with Gasteiger partial charge in [0.2, 0.25) is 0 Å². The Bertz CT molecular complexity index is 582. The van der Waals surface area contributed by atoms with Crippen LogP contribution in [0.25, 0.3) is 0 Å². The molecule has 0 bridgehead atoms. The zero-order valence-electron chi connectivity index (χ0n) is 13.8. The van der Waals surface area contributed by atoms with Crippen LogP contribution in [0.2, 0.25) is 5.04 Å². The van der Waals surface area contributed by atoms with E-state index in [2.05, 4.69) is 25.8 Å². The summed E-state index contributed by atoms with van der Waals surface area (Å²) >= 11 is 0. The highest BCUT2D eigenvalue weighted by atomic mass is 28.2. The van der Waals surface area contributed by atoms with Crippen molar-refractivity contribution in [3.8, 4) is 0 Å². The van der Waals surface area contributed by atoms with Crippen LogP contribution in [0.3, 0.4) is 0 Å². The lowest BCUT2D eigenvalue weighted by Gasteiger charge is -2.33. The van der Waals surface area contributed by atoms with Crippen molar-refractivity contribution in [1.29, 1.82) is 0 Å². The quantitative estimate of drug-likeness (QED) is 0.823. The van der Waals surface area contributed by atoms with Crippen molar-refractivity contribution in [3.05, 3.63) is 22.7 Å². The molecule has 1 saturated heterocycles. The molecule has 22 heavy (non-hydrogen) atoms. The molecule has 8 heteroatoms. The second-order valence-corrected chi connectivity index (χ2v) is 9.95. The number of nitrogens with zero attached hydrogens (tertiary/aromatic N) is 2. The van der Waals surface area contributed by atoms with Gasteiger partial charge in [0, 0.05) is 6.20 Å². The Balaban J connectivity index is 2.04. The molecule has 1 aromatic heterocycles. The summed E-state index contributed by atoms with van der Waals surface area (Å²) in [5, 5.41) is 0.188. The van der Waals surface area contributed by atoms with E-state index >= 15 is 0 Å². The molecule has 0 aliphatic carbocycles. The fraction of sp³-hybridized carbons (Fsp3) is 0.714. The molecule has 2 unspecified atom stereocenters. The van der Waals surface area contributed by atoms with E-state index < -0.39 is 33.6 Å². The van der Waals surface area contributed by atoms with Gasteiger partial charge in [0.15, 0.2) is 22.3 Å². The summed E-state index contributed by atoms with van der Waals surface area (Å²) in [4.78, 5) is 15.6. The fourth-order valence-electron chi connectivity index (χ4n) is 2.02. The molecule has 1 aliphatic rings. The van der Waals surface area contributed by atoms with E-state index in [0.29, 0.717) is 0 Å². The van der Waals surface area contributed by atoms with Gasteiger partial charge in [0.25, 0.3) is 0 Å². The molecule has 0 saturated carbocycles. The first kappa shape index (κ1) is 17.1. The molecule has 0 aromatic carbocycles. The van der Waals surface area contributed by atoms with Crippen LogP contribution in [0, 0.1) is 0 Å². The van der Waals surface area contributed by atoms with Crippen molar-refractivity contribution >= 4 is 15.6 Å². The second-order valence-electron chi connectivity index (χ2n) is 7.25. The molecule has 0 amide bonds. The minimum atomic E-state index is -0.739. The third kappa shape index (κ3) is 4.16. The molecular weight excluding hydrogens is 302 g/mol. The summed E-state index contributed by atoms with van der Waals surface area (Å²) in [5.41, 5.74) is 4.49. The van der Waals surface area contributed by atoms with Gasteiger partial charge < -0.3 is 19.6 Å². The molecule has 0 radical (unpaired) electrons. The first-order valence-corrected chi connectivity index (χ1v) is 8.63. The zero-order chi connectivity index (χ0) is 16.5. The number of ether oxygens (including phenoxy) is 2. The van der Waals surface area contributed by atoms with Crippen molar-refractivity contribution in [3.63, 3.8) is 0 Å². The van der Waals surface area contributed by atoms with Gasteiger partial charge in [-0.2, -0.15) is 4.98 Å². The van der Waals surface area contributed by atoms with E-state index in [1.165, 1.54) is 4.57 Å². The number of nitrogen functional groups attached to an aromatic ring is 1. The summed E-state index contributed by atoms with van der Waals surface area (Å²) in [5.74, 6) is 0.191. The Morgan fingerprint density at radius 3 is 2.68 bits per heavy atom. The van der Waals surface area contributed by atoms with Gasteiger partial charge in [-0.1, -0.05) is 20.8 Å². The maximum atomic E-state index is 11.9. The van der Waals surface area contributed by atoms with Crippen LogP contribution in [-0.4, -0.2) is 37.8 Å². The smallest absolute Gasteiger partial charge is 0.351 e. The molecule has 1 fully saturated rings. The number of aromatic nitrogens is 2.